The largest absolute Gasteiger partial charge is 0.494 e. The predicted molar refractivity (Wildman–Crippen MR) is 79.7 cm³/mol. The summed E-state index contributed by atoms with van der Waals surface area (Å²) in [6.07, 6.45) is 0.780. The molecule has 108 valence electrons. The topological polar surface area (TPSA) is 41.9 Å². The summed E-state index contributed by atoms with van der Waals surface area (Å²) in [5.41, 5.74) is 0.925. The van der Waals surface area contributed by atoms with E-state index in [0.717, 1.165) is 17.9 Å². The van der Waals surface area contributed by atoms with Crippen molar-refractivity contribution in [1.29, 1.82) is 0 Å². The summed E-state index contributed by atoms with van der Waals surface area (Å²) in [5.74, 6) is 1.24. The van der Waals surface area contributed by atoms with Crippen LogP contribution in [0.3, 0.4) is 0 Å². The summed E-state index contributed by atoms with van der Waals surface area (Å²) < 4.78 is 5.62. The summed E-state index contributed by atoms with van der Waals surface area (Å²) in [4.78, 5) is 12.2. The van der Waals surface area contributed by atoms with Gasteiger partial charge in [0, 0.05) is 18.7 Å². The molecule has 2 rings (SSSR count). The van der Waals surface area contributed by atoms with E-state index in [1.165, 1.54) is 0 Å². The predicted octanol–water partition coefficient (Wildman–Crippen LogP) is 2.95. The Bertz CT molecular complexity index is 483. The van der Waals surface area contributed by atoms with Crippen molar-refractivity contribution < 1.29 is 9.53 Å². The molecular formula is C16H22N2O2. The van der Waals surface area contributed by atoms with Crippen LogP contribution in [0.25, 0.3) is 0 Å². The number of ether oxygens (including phenoxy) is 1. The molecule has 1 amide bonds. The summed E-state index contributed by atoms with van der Waals surface area (Å²) >= 11 is 0. The van der Waals surface area contributed by atoms with Crippen molar-refractivity contribution >= 4 is 11.6 Å². The van der Waals surface area contributed by atoms with Gasteiger partial charge in [-0.05, 0) is 25.0 Å². The number of benzene rings is 1. The monoisotopic (exact) mass is 274 g/mol. The standard InChI is InChI=1S/C16H22N2O2/c1-12(2)15-13(3)17-18(16(15)19)10-7-11-20-14-8-5-4-6-9-14/h4-6,8-9,12,15H,7,10-11H2,1-3H3. The maximum atomic E-state index is 12.2. The molecule has 0 radical (unpaired) electrons. The van der Waals surface area contributed by atoms with E-state index in [2.05, 4.69) is 18.9 Å². The highest BCUT2D eigenvalue weighted by atomic mass is 16.5. The van der Waals surface area contributed by atoms with Gasteiger partial charge in [-0.2, -0.15) is 5.10 Å². The first-order valence-corrected chi connectivity index (χ1v) is 7.14. The van der Waals surface area contributed by atoms with Crippen LogP contribution < -0.4 is 4.74 Å². The van der Waals surface area contributed by atoms with Gasteiger partial charge in [0.1, 0.15) is 5.75 Å². The molecule has 1 unspecified atom stereocenters. The Morgan fingerprint density at radius 2 is 2.00 bits per heavy atom. The highest BCUT2D eigenvalue weighted by Crippen LogP contribution is 2.23. The molecule has 0 bridgehead atoms. The number of nitrogens with zero attached hydrogens (tertiary/aromatic N) is 2. The number of hydrogen-bond donors (Lipinski definition) is 0. The van der Waals surface area contributed by atoms with E-state index < -0.39 is 0 Å². The molecular weight excluding hydrogens is 252 g/mol. The zero-order valence-corrected chi connectivity index (χ0v) is 12.4. The van der Waals surface area contributed by atoms with Crippen molar-refractivity contribution in [3.63, 3.8) is 0 Å². The zero-order chi connectivity index (χ0) is 14.5. The number of hydrazone groups is 1. The first-order chi connectivity index (χ1) is 9.59. The molecule has 1 aromatic carbocycles. The second-order valence-corrected chi connectivity index (χ2v) is 5.44. The molecule has 1 atom stereocenters. The van der Waals surface area contributed by atoms with Gasteiger partial charge in [-0.3, -0.25) is 4.79 Å². The van der Waals surface area contributed by atoms with Gasteiger partial charge in [0.15, 0.2) is 0 Å². The third-order valence-corrected chi connectivity index (χ3v) is 3.44. The maximum Gasteiger partial charge on any atom is 0.251 e. The first kappa shape index (κ1) is 14.6. The Kier molecular flexibility index (Phi) is 4.77. The number of amides is 1. The summed E-state index contributed by atoms with van der Waals surface area (Å²) in [6, 6.07) is 9.70. The fourth-order valence-electron chi connectivity index (χ4n) is 2.49. The van der Waals surface area contributed by atoms with E-state index in [1.807, 2.05) is 37.3 Å². The van der Waals surface area contributed by atoms with Crippen molar-refractivity contribution in [1.82, 2.24) is 5.01 Å². The van der Waals surface area contributed by atoms with Crippen molar-refractivity contribution in [3.8, 4) is 5.75 Å². The number of carbonyl (C=O) groups excluding carboxylic acids is 1. The lowest BCUT2D eigenvalue weighted by Crippen LogP contribution is -2.31. The van der Waals surface area contributed by atoms with Crippen molar-refractivity contribution in [2.45, 2.75) is 27.2 Å². The van der Waals surface area contributed by atoms with Crippen LogP contribution >= 0.6 is 0 Å². The molecule has 0 fully saturated rings. The molecule has 1 aliphatic heterocycles. The second-order valence-electron chi connectivity index (χ2n) is 5.44. The molecule has 0 spiro atoms. The van der Waals surface area contributed by atoms with Crippen molar-refractivity contribution in [2.24, 2.45) is 16.9 Å². The zero-order valence-electron chi connectivity index (χ0n) is 12.4. The number of rotatable bonds is 6. The highest BCUT2D eigenvalue weighted by Gasteiger charge is 2.34. The first-order valence-electron chi connectivity index (χ1n) is 7.14. The molecule has 0 aromatic heterocycles. The summed E-state index contributed by atoms with van der Waals surface area (Å²) in [6.45, 7) is 7.26. The molecule has 1 heterocycles. The van der Waals surface area contributed by atoms with Crippen molar-refractivity contribution in [3.05, 3.63) is 30.3 Å². The van der Waals surface area contributed by atoms with Crippen LogP contribution in [0, 0.1) is 11.8 Å². The fraction of sp³-hybridized carbons (Fsp3) is 0.500. The van der Waals surface area contributed by atoms with Crippen molar-refractivity contribution in [2.75, 3.05) is 13.2 Å². The van der Waals surface area contributed by atoms with Crippen LogP contribution in [0.4, 0.5) is 0 Å². The van der Waals surface area contributed by atoms with Gasteiger partial charge in [-0.15, -0.1) is 0 Å². The van der Waals surface area contributed by atoms with Gasteiger partial charge < -0.3 is 4.74 Å². The fourth-order valence-corrected chi connectivity index (χ4v) is 2.49. The van der Waals surface area contributed by atoms with Crippen LogP contribution in [0.5, 0.6) is 5.75 Å². The van der Waals surface area contributed by atoms with Gasteiger partial charge in [-0.1, -0.05) is 32.0 Å². The average Bonchev–Trinajstić information content (AvgIpc) is 2.71. The highest BCUT2D eigenvalue weighted by molar-refractivity contribution is 6.07. The van der Waals surface area contributed by atoms with Crippen LogP contribution in [0.15, 0.2) is 35.4 Å². The summed E-state index contributed by atoms with van der Waals surface area (Å²) in [5, 5.41) is 5.95. The molecule has 4 nitrogen and oxygen atoms in total. The minimum Gasteiger partial charge on any atom is -0.494 e. The van der Waals surface area contributed by atoms with Gasteiger partial charge in [0.05, 0.1) is 12.5 Å². The third-order valence-electron chi connectivity index (χ3n) is 3.44. The smallest absolute Gasteiger partial charge is 0.251 e. The van der Waals surface area contributed by atoms with E-state index in [4.69, 9.17) is 4.74 Å². The SMILES string of the molecule is CC1=NN(CCCOc2ccccc2)C(=O)C1C(C)C. The Morgan fingerprint density at radius 1 is 1.30 bits per heavy atom. The Balaban J connectivity index is 1.77. The summed E-state index contributed by atoms with van der Waals surface area (Å²) in [7, 11) is 0. The van der Waals surface area contributed by atoms with E-state index in [9.17, 15) is 4.79 Å². The normalized spacial score (nSPS) is 18.6. The van der Waals surface area contributed by atoms with Gasteiger partial charge in [0.2, 0.25) is 0 Å². The molecule has 1 aromatic rings. The van der Waals surface area contributed by atoms with E-state index in [-0.39, 0.29) is 11.8 Å². The van der Waals surface area contributed by atoms with Gasteiger partial charge in [-0.25, -0.2) is 5.01 Å². The Morgan fingerprint density at radius 3 is 2.60 bits per heavy atom. The Hall–Kier alpha value is -1.84. The number of carbonyl (C=O) groups is 1. The van der Waals surface area contributed by atoms with Gasteiger partial charge in [0.25, 0.3) is 5.91 Å². The van der Waals surface area contributed by atoms with Gasteiger partial charge >= 0.3 is 0 Å². The molecule has 1 aliphatic rings. The van der Waals surface area contributed by atoms with E-state index in [1.54, 1.807) is 5.01 Å². The quantitative estimate of drug-likeness (QED) is 0.748. The molecule has 4 heteroatoms. The van der Waals surface area contributed by atoms with E-state index >= 15 is 0 Å². The lowest BCUT2D eigenvalue weighted by Gasteiger charge is -2.16. The van der Waals surface area contributed by atoms with Crippen LogP contribution in [0.2, 0.25) is 0 Å². The minimum atomic E-state index is -0.0509. The van der Waals surface area contributed by atoms with E-state index in [0.29, 0.717) is 19.1 Å². The molecule has 0 saturated heterocycles. The minimum absolute atomic E-state index is 0.0509. The lowest BCUT2D eigenvalue weighted by atomic mass is 9.92. The average molecular weight is 274 g/mol. The second kappa shape index (κ2) is 6.55. The Labute approximate surface area is 120 Å². The lowest BCUT2D eigenvalue weighted by molar-refractivity contribution is -0.132. The third kappa shape index (κ3) is 3.38. The molecule has 0 saturated carbocycles. The molecule has 0 aliphatic carbocycles. The van der Waals surface area contributed by atoms with Crippen LogP contribution in [0.1, 0.15) is 27.2 Å². The molecule has 20 heavy (non-hydrogen) atoms. The number of para-hydroxylation sites is 1. The number of hydrogen-bond acceptors (Lipinski definition) is 3. The van der Waals surface area contributed by atoms with Crippen LogP contribution in [-0.2, 0) is 4.79 Å². The maximum absolute atomic E-state index is 12.2. The molecule has 0 N–H and O–H groups in total. The van der Waals surface area contributed by atoms with Crippen LogP contribution in [-0.4, -0.2) is 29.8 Å².